The quantitative estimate of drug-likeness (QED) is 0.530. The summed E-state index contributed by atoms with van der Waals surface area (Å²) < 4.78 is 49.6. The molecule has 1 aliphatic heterocycles. The van der Waals surface area contributed by atoms with Crippen molar-refractivity contribution in [2.45, 2.75) is 23.7 Å². The minimum Gasteiger partial charge on any atom is -0.497 e. The molecule has 0 aliphatic carbocycles. The van der Waals surface area contributed by atoms with E-state index in [4.69, 9.17) is 18.6 Å². The van der Waals surface area contributed by atoms with Crippen LogP contribution in [0.4, 0.5) is 0 Å². The van der Waals surface area contributed by atoms with Crippen molar-refractivity contribution in [3.05, 3.63) is 48.4 Å². The molecule has 1 aliphatic rings. The summed E-state index contributed by atoms with van der Waals surface area (Å²) in [5, 5.41) is 8.36. The van der Waals surface area contributed by atoms with Crippen molar-refractivity contribution >= 4 is 10.0 Å². The molecule has 10 heteroatoms. The lowest BCUT2D eigenvalue weighted by Crippen LogP contribution is -2.38. The smallest absolute Gasteiger partial charge is 0.247 e. The van der Waals surface area contributed by atoms with Gasteiger partial charge in [0.05, 0.1) is 21.3 Å². The first kappa shape index (κ1) is 22.1. The zero-order valence-electron chi connectivity index (χ0n) is 18.1. The molecule has 3 aromatic rings. The lowest BCUT2D eigenvalue weighted by molar-refractivity contribution is 0.290. The van der Waals surface area contributed by atoms with Gasteiger partial charge in [0.25, 0.3) is 0 Å². The van der Waals surface area contributed by atoms with Gasteiger partial charge in [-0.25, -0.2) is 8.42 Å². The maximum atomic E-state index is 13.3. The van der Waals surface area contributed by atoms with Crippen molar-refractivity contribution in [2.24, 2.45) is 0 Å². The fourth-order valence-electron chi connectivity index (χ4n) is 3.74. The Hall–Kier alpha value is -3.11. The van der Waals surface area contributed by atoms with Crippen LogP contribution in [-0.2, 0) is 10.0 Å². The second-order valence-electron chi connectivity index (χ2n) is 7.37. The van der Waals surface area contributed by atoms with Gasteiger partial charge in [0, 0.05) is 30.6 Å². The van der Waals surface area contributed by atoms with Crippen LogP contribution in [0.1, 0.15) is 24.7 Å². The number of hydrogen-bond acceptors (Lipinski definition) is 8. The van der Waals surface area contributed by atoms with E-state index in [1.165, 1.54) is 24.6 Å². The lowest BCUT2D eigenvalue weighted by Gasteiger charge is -2.30. The highest BCUT2D eigenvalue weighted by Crippen LogP contribution is 2.35. The van der Waals surface area contributed by atoms with Gasteiger partial charge in [-0.05, 0) is 43.2 Å². The number of benzene rings is 2. The summed E-state index contributed by atoms with van der Waals surface area (Å²) >= 11 is 0. The molecule has 0 N–H and O–H groups in total. The highest BCUT2D eigenvalue weighted by molar-refractivity contribution is 7.89. The van der Waals surface area contributed by atoms with Crippen LogP contribution in [-0.4, -0.2) is 57.3 Å². The van der Waals surface area contributed by atoms with Gasteiger partial charge in [-0.15, -0.1) is 10.2 Å². The lowest BCUT2D eigenvalue weighted by atomic mass is 9.98. The summed E-state index contributed by atoms with van der Waals surface area (Å²) in [6.45, 7) is 0.675. The van der Waals surface area contributed by atoms with Crippen molar-refractivity contribution in [3.63, 3.8) is 0 Å². The molecule has 0 saturated carbocycles. The average molecular weight is 460 g/mol. The molecule has 0 atom stereocenters. The molecular weight excluding hydrogens is 434 g/mol. The van der Waals surface area contributed by atoms with E-state index < -0.39 is 10.0 Å². The minimum atomic E-state index is -3.74. The number of sulfonamides is 1. The third-order valence-corrected chi connectivity index (χ3v) is 7.47. The highest BCUT2D eigenvalue weighted by Gasteiger charge is 2.34. The van der Waals surface area contributed by atoms with Crippen LogP contribution in [0, 0.1) is 0 Å². The summed E-state index contributed by atoms with van der Waals surface area (Å²) in [6.07, 6.45) is 1.15. The molecule has 9 nitrogen and oxygen atoms in total. The van der Waals surface area contributed by atoms with E-state index in [0.29, 0.717) is 49.2 Å². The monoisotopic (exact) mass is 459 g/mol. The molecule has 1 aromatic heterocycles. The van der Waals surface area contributed by atoms with Crippen LogP contribution >= 0.6 is 0 Å². The predicted octanol–water partition coefficient (Wildman–Crippen LogP) is 3.33. The SMILES string of the molecule is COc1cccc(-c2nnc(C3CCN(S(=O)(=O)c4cc(OC)ccc4OC)CC3)o2)c1. The van der Waals surface area contributed by atoms with Crippen LogP contribution in [0.25, 0.3) is 11.5 Å². The van der Waals surface area contributed by atoms with Crippen LogP contribution in [0.15, 0.2) is 51.8 Å². The van der Waals surface area contributed by atoms with E-state index in [2.05, 4.69) is 10.2 Å². The molecule has 0 bridgehead atoms. The molecule has 0 unspecified atom stereocenters. The molecule has 1 fully saturated rings. The van der Waals surface area contributed by atoms with E-state index in [1.54, 1.807) is 19.2 Å². The average Bonchev–Trinajstić information content (AvgIpc) is 3.34. The van der Waals surface area contributed by atoms with E-state index in [0.717, 1.165) is 5.56 Å². The Labute approximate surface area is 187 Å². The number of hydrogen-bond donors (Lipinski definition) is 0. The zero-order chi connectivity index (χ0) is 22.7. The van der Waals surface area contributed by atoms with E-state index in [-0.39, 0.29) is 16.6 Å². The number of rotatable bonds is 7. The molecule has 0 spiro atoms. The molecular formula is C22H25N3O6S. The van der Waals surface area contributed by atoms with E-state index in [9.17, 15) is 8.42 Å². The van der Waals surface area contributed by atoms with Gasteiger partial charge in [-0.1, -0.05) is 6.07 Å². The molecule has 0 radical (unpaired) electrons. The van der Waals surface area contributed by atoms with Crippen molar-refractivity contribution in [2.75, 3.05) is 34.4 Å². The highest BCUT2D eigenvalue weighted by atomic mass is 32.2. The van der Waals surface area contributed by atoms with Gasteiger partial charge in [-0.3, -0.25) is 0 Å². The summed E-state index contributed by atoms with van der Waals surface area (Å²) in [5.74, 6) is 2.35. The number of methoxy groups -OCH3 is 3. The molecule has 2 aromatic carbocycles. The number of ether oxygens (including phenoxy) is 3. The van der Waals surface area contributed by atoms with Crippen molar-refractivity contribution in [1.29, 1.82) is 0 Å². The third-order valence-electron chi connectivity index (χ3n) is 5.55. The van der Waals surface area contributed by atoms with Crippen LogP contribution in [0.5, 0.6) is 17.2 Å². The Morgan fingerprint density at radius 1 is 0.938 bits per heavy atom. The molecule has 1 saturated heterocycles. The number of aromatic nitrogens is 2. The number of nitrogens with zero attached hydrogens (tertiary/aromatic N) is 3. The Morgan fingerprint density at radius 2 is 1.66 bits per heavy atom. The summed E-state index contributed by atoms with van der Waals surface area (Å²) in [6, 6.07) is 12.1. The second kappa shape index (κ2) is 9.17. The Balaban J connectivity index is 1.48. The van der Waals surface area contributed by atoms with Crippen LogP contribution in [0.3, 0.4) is 0 Å². The second-order valence-corrected chi connectivity index (χ2v) is 9.28. The van der Waals surface area contributed by atoms with E-state index in [1.807, 2.05) is 24.3 Å². The van der Waals surface area contributed by atoms with Crippen molar-refractivity contribution in [1.82, 2.24) is 14.5 Å². The van der Waals surface area contributed by atoms with Crippen LogP contribution < -0.4 is 14.2 Å². The molecule has 32 heavy (non-hydrogen) atoms. The Kier molecular flexibility index (Phi) is 6.33. The van der Waals surface area contributed by atoms with Crippen molar-refractivity contribution < 1.29 is 27.0 Å². The van der Waals surface area contributed by atoms with Gasteiger partial charge in [0.15, 0.2) is 0 Å². The van der Waals surface area contributed by atoms with Gasteiger partial charge in [0.1, 0.15) is 22.1 Å². The van der Waals surface area contributed by atoms with Gasteiger partial charge in [0.2, 0.25) is 21.8 Å². The van der Waals surface area contributed by atoms with Gasteiger partial charge >= 0.3 is 0 Å². The van der Waals surface area contributed by atoms with Crippen molar-refractivity contribution in [3.8, 4) is 28.7 Å². The minimum absolute atomic E-state index is 0.0134. The number of piperidine rings is 1. The van der Waals surface area contributed by atoms with Gasteiger partial charge in [-0.2, -0.15) is 4.31 Å². The Bertz CT molecular complexity index is 1190. The maximum absolute atomic E-state index is 13.3. The summed E-state index contributed by atoms with van der Waals surface area (Å²) in [7, 11) is 0.799. The standard InChI is InChI=1S/C22H25N3O6S/c1-28-17-6-4-5-16(13-17)22-24-23-21(31-22)15-9-11-25(12-10-15)32(26,27)20-14-18(29-2)7-8-19(20)30-3/h4-8,13-15H,9-12H2,1-3H3. The fourth-order valence-corrected chi connectivity index (χ4v) is 5.38. The molecule has 4 rings (SSSR count). The largest absolute Gasteiger partial charge is 0.497 e. The third kappa shape index (κ3) is 4.28. The topological polar surface area (TPSA) is 104 Å². The molecule has 0 amide bonds. The van der Waals surface area contributed by atoms with Crippen LogP contribution in [0.2, 0.25) is 0 Å². The zero-order valence-corrected chi connectivity index (χ0v) is 19.0. The summed E-state index contributed by atoms with van der Waals surface area (Å²) in [5.41, 5.74) is 0.772. The Morgan fingerprint density at radius 3 is 2.34 bits per heavy atom. The molecule has 170 valence electrons. The maximum Gasteiger partial charge on any atom is 0.247 e. The fraction of sp³-hybridized carbons (Fsp3) is 0.364. The van der Waals surface area contributed by atoms with Gasteiger partial charge < -0.3 is 18.6 Å². The normalized spacial score (nSPS) is 15.5. The first-order chi connectivity index (χ1) is 15.5. The van der Waals surface area contributed by atoms with E-state index >= 15 is 0 Å². The first-order valence-electron chi connectivity index (χ1n) is 10.2. The summed E-state index contributed by atoms with van der Waals surface area (Å²) in [4.78, 5) is 0.0934. The molecule has 2 heterocycles. The first-order valence-corrected chi connectivity index (χ1v) is 11.6. The predicted molar refractivity (Wildman–Crippen MR) is 117 cm³/mol.